The molecule has 1 atom stereocenters. The summed E-state index contributed by atoms with van der Waals surface area (Å²) in [5.41, 5.74) is 0.687. The Morgan fingerprint density at radius 1 is 1.25 bits per heavy atom. The molecule has 0 aromatic heterocycles. The lowest BCUT2D eigenvalue weighted by atomic mass is 10.1. The van der Waals surface area contributed by atoms with Crippen LogP contribution in [0.1, 0.15) is 38.4 Å². The maximum absolute atomic E-state index is 12.0. The van der Waals surface area contributed by atoms with E-state index in [0.717, 1.165) is 12.8 Å². The van der Waals surface area contributed by atoms with E-state index in [0.29, 0.717) is 18.8 Å². The van der Waals surface area contributed by atoms with Gasteiger partial charge in [0.25, 0.3) is 0 Å². The van der Waals surface area contributed by atoms with Gasteiger partial charge in [0, 0.05) is 13.2 Å². The maximum Gasteiger partial charge on any atom is 0.240 e. The van der Waals surface area contributed by atoms with E-state index in [1.165, 1.54) is 12.1 Å². The first-order valence-corrected chi connectivity index (χ1v) is 8.31. The Morgan fingerprint density at radius 3 is 2.45 bits per heavy atom. The van der Waals surface area contributed by atoms with Gasteiger partial charge in [-0.25, -0.2) is 13.1 Å². The number of aliphatic hydroxyl groups excluding tert-OH is 1. The van der Waals surface area contributed by atoms with Gasteiger partial charge in [0.1, 0.15) is 0 Å². The molecular formula is C14H23NO4S. The molecule has 0 saturated carbocycles. The molecule has 0 bridgehead atoms. The highest BCUT2D eigenvalue weighted by molar-refractivity contribution is 7.89. The summed E-state index contributed by atoms with van der Waals surface area (Å²) in [4.78, 5) is 0.190. The molecule has 0 heterocycles. The van der Waals surface area contributed by atoms with E-state index in [1.54, 1.807) is 19.1 Å². The van der Waals surface area contributed by atoms with E-state index < -0.39 is 16.1 Å². The standard InChI is InChI=1S/C14H23NO4S/c1-3-4-10-19-11-9-15-20(17,18)14-7-5-13(6-8-14)12(2)16/h5-8,12,15-16H,3-4,9-11H2,1-2H3. The molecule has 1 aromatic rings. The topological polar surface area (TPSA) is 75.6 Å². The number of nitrogens with one attached hydrogen (secondary N) is 1. The zero-order valence-electron chi connectivity index (χ0n) is 12.0. The van der Waals surface area contributed by atoms with Crippen molar-refractivity contribution >= 4 is 10.0 Å². The molecule has 1 rings (SSSR count). The smallest absolute Gasteiger partial charge is 0.240 e. The average Bonchev–Trinajstić information content (AvgIpc) is 2.43. The van der Waals surface area contributed by atoms with Crippen molar-refractivity contribution in [3.8, 4) is 0 Å². The van der Waals surface area contributed by atoms with E-state index in [4.69, 9.17) is 4.74 Å². The molecule has 0 fully saturated rings. The molecular weight excluding hydrogens is 278 g/mol. The quantitative estimate of drug-likeness (QED) is 0.682. The zero-order chi connectivity index (χ0) is 15.0. The van der Waals surface area contributed by atoms with Crippen LogP contribution in [0.2, 0.25) is 0 Å². The van der Waals surface area contributed by atoms with Crippen LogP contribution >= 0.6 is 0 Å². The fraction of sp³-hybridized carbons (Fsp3) is 0.571. The number of aliphatic hydroxyl groups is 1. The van der Waals surface area contributed by atoms with E-state index >= 15 is 0 Å². The average molecular weight is 301 g/mol. The van der Waals surface area contributed by atoms with Crippen LogP contribution in [0.4, 0.5) is 0 Å². The highest BCUT2D eigenvalue weighted by Gasteiger charge is 2.13. The van der Waals surface area contributed by atoms with Crippen molar-refractivity contribution in [1.82, 2.24) is 4.72 Å². The molecule has 0 aliphatic carbocycles. The van der Waals surface area contributed by atoms with Crippen LogP contribution in [0.3, 0.4) is 0 Å². The van der Waals surface area contributed by atoms with Crippen molar-refractivity contribution in [2.45, 2.75) is 37.7 Å². The minimum absolute atomic E-state index is 0.190. The third kappa shape index (κ3) is 5.58. The van der Waals surface area contributed by atoms with Gasteiger partial charge in [0.05, 0.1) is 17.6 Å². The van der Waals surface area contributed by atoms with E-state index in [-0.39, 0.29) is 11.4 Å². The minimum Gasteiger partial charge on any atom is -0.389 e. The summed E-state index contributed by atoms with van der Waals surface area (Å²) < 4.78 is 31.7. The number of hydrogen-bond acceptors (Lipinski definition) is 4. The molecule has 0 amide bonds. The zero-order valence-corrected chi connectivity index (χ0v) is 12.8. The molecule has 114 valence electrons. The Kier molecular flexibility index (Phi) is 7.15. The molecule has 0 radical (unpaired) electrons. The summed E-state index contributed by atoms with van der Waals surface area (Å²) in [7, 11) is -3.51. The van der Waals surface area contributed by atoms with E-state index in [9.17, 15) is 13.5 Å². The van der Waals surface area contributed by atoms with Gasteiger partial charge >= 0.3 is 0 Å². The van der Waals surface area contributed by atoms with Gasteiger partial charge in [-0.15, -0.1) is 0 Å². The third-order valence-electron chi connectivity index (χ3n) is 2.85. The van der Waals surface area contributed by atoms with Gasteiger partial charge in [-0.05, 0) is 31.0 Å². The number of unbranched alkanes of at least 4 members (excludes halogenated alkanes) is 1. The molecule has 0 saturated heterocycles. The Bertz CT molecular complexity index is 482. The Balaban J connectivity index is 2.47. The van der Waals surface area contributed by atoms with Crippen molar-refractivity contribution in [3.63, 3.8) is 0 Å². The molecule has 0 aliphatic heterocycles. The van der Waals surface area contributed by atoms with E-state index in [2.05, 4.69) is 11.6 Å². The van der Waals surface area contributed by atoms with Gasteiger partial charge in [-0.3, -0.25) is 0 Å². The van der Waals surface area contributed by atoms with Crippen molar-refractivity contribution in [3.05, 3.63) is 29.8 Å². The van der Waals surface area contributed by atoms with Gasteiger partial charge in [-0.1, -0.05) is 25.5 Å². The van der Waals surface area contributed by atoms with Crippen LogP contribution in [0, 0.1) is 0 Å². The monoisotopic (exact) mass is 301 g/mol. The molecule has 5 nitrogen and oxygen atoms in total. The Labute approximate surface area is 121 Å². The number of hydrogen-bond donors (Lipinski definition) is 2. The molecule has 0 spiro atoms. The summed E-state index contributed by atoms with van der Waals surface area (Å²) in [5, 5.41) is 9.38. The molecule has 1 aromatic carbocycles. The molecule has 0 aliphatic rings. The van der Waals surface area contributed by atoms with Crippen LogP contribution in [0.5, 0.6) is 0 Å². The van der Waals surface area contributed by atoms with Crippen LogP contribution < -0.4 is 4.72 Å². The number of ether oxygens (including phenoxy) is 1. The van der Waals surface area contributed by atoms with Crippen LogP contribution in [0.25, 0.3) is 0 Å². The Hall–Kier alpha value is -0.950. The molecule has 6 heteroatoms. The normalized spacial score (nSPS) is 13.3. The lowest BCUT2D eigenvalue weighted by molar-refractivity contribution is 0.136. The van der Waals surface area contributed by atoms with Crippen molar-refractivity contribution in [1.29, 1.82) is 0 Å². The Morgan fingerprint density at radius 2 is 1.90 bits per heavy atom. The second-order valence-electron chi connectivity index (χ2n) is 4.61. The summed E-state index contributed by atoms with van der Waals surface area (Å²) >= 11 is 0. The lowest BCUT2D eigenvalue weighted by Gasteiger charge is -2.09. The van der Waals surface area contributed by atoms with Crippen molar-refractivity contribution in [2.75, 3.05) is 19.8 Å². The van der Waals surface area contributed by atoms with Gasteiger partial charge in [0.15, 0.2) is 0 Å². The fourth-order valence-corrected chi connectivity index (χ4v) is 2.62. The number of sulfonamides is 1. The molecule has 2 N–H and O–H groups in total. The van der Waals surface area contributed by atoms with Gasteiger partial charge in [-0.2, -0.15) is 0 Å². The van der Waals surface area contributed by atoms with Gasteiger partial charge in [0.2, 0.25) is 10.0 Å². The largest absolute Gasteiger partial charge is 0.389 e. The molecule has 1 unspecified atom stereocenters. The van der Waals surface area contributed by atoms with Crippen LogP contribution in [-0.4, -0.2) is 33.3 Å². The summed E-state index contributed by atoms with van der Waals surface area (Å²) in [5.74, 6) is 0. The third-order valence-corrected chi connectivity index (χ3v) is 4.33. The van der Waals surface area contributed by atoms with Gasteiger partial charge < -0.3 is 9.84 Å². The maximum atomic E-state index is 12.0. The summed E-state index contributed by atoms with van der Waals surface area (Å²) in [6, 6.07) is 6.19. The highest BCUT2D eigenvalue weighted by Crippen LogP contribution is 2.15. The first-order chi connectivity index (χ1) is 9.47. The second-order valence-corrected chi connectivity index (χ2v) is 6.38. The van der Waals surface area contributed by atoms with Crippen molar-refractivity contribution < 1.29 is 18.3 Å². The predicted octanol–water partition coefficient (Wildman–Crippen LogP) is 1.83. The van der Waals surface area contributed by atoms with E-state index in [1.807, 2.05) is 0 Å². The lowest BCUT2D eigenvalue weighted by Crippen LogP contribution is -2.27. The second kappa shape index (κ2) is 8.36. The number of benzene rings is 1. The highest BCUT2D eigenvalue weighted by atomic mass is 32.2. The molecule has 20 heavy (non-hydrogen) atoms. The predicted molar refractivity (Wildman–Crippen MR) is 78.0 cm³/mol. The number of rotatable bonds is 9. The fourth-order valence-electron chi connectivity index (χ4n) is 1.61. The summed E-state index contributed by atoms with van der Waals surface area (Å²) in [6.07, 6.45) is 1.43. The van der Waals surface area contributed by atoms with Crippen LogP contribution in [0.15, 0.2) is 29.2 Å². The van der Waals surface area contributed by atoms with Crippen LogP contribution in [-0.2, 0) is 14.8 Å². The minimum atomic E-state index is -3.51. The first-order valence-electron chi connectivity index (χ1n) is 6.83. The SMILES string of the molecule is CCCCOCCNS(=O)(=O)c1ccc(C(C)O)cc1. The first kappa shape index (κ1) is 17.1. The van der Waals surface area contributed by atoms with Crippen molar-refractivity contribution in [2.24, 2.45) is 0 Å². The summed E-state index contributed by atoms with van der Waals surface area (Å²) in [6.45, 7) is 4.98.